The van der Waals surface area contributed by atoms with Crippen molar-refractivity contribution in [2.75, 3.05) is 12.4 Å². The van der Waals surface area contributed by atoms with Gasteiger partial charge in [-0.3, -0.25) is 9.59 Å². The molecule has 0 amide bonds. The van der Waals surface area contributed by atoms with Crippen molar-refractivity contribution in [1.82, 2.24) is 9.78 Å². The Labute approximate surface area is 129 Å². The first-order chi connectivity index (χ1) is 10.1. The van der Waals surface area contributed by atoms with E-state index in [1.165, 1.54) is 7.11 Å². The Kier molecular flexibility index (Phi) is 3.99. The molecular formula is C13H16BrN3O4. The number of carbonyl (C=O) groups excluding carboxylic acids is 1. The van der Waals surface area contributed by atoms with E-state index in [0.717, 1.165) is 23.9 Å². The predicted molar refractivity (Wildman–Crippen MR) is 78.1 cm³/mol. The van der Waals surface area contributed by atoms with Gasteiger partial charge < -0.3 is 14.8 Å². The van der Waals surface area contributed by atoms with E-state index in [4.69, 9.17) is 4.74 Å². The molecule has 0 spiro atoms. The maximum Gasteiger partial charge on any atom is 0.327 e. The summed E-state index contributed by atoms with van der Waals surface area (Å²) in [6.07, 6.45) is 5.19. The molecule has 21 heavy (non-hydrogen) atoms. The molecule has 3 heterocycles. The number of carbonyl (C=O) groups is 1. The Balaban J connectivity index is 1.76. The van der Waals surface area contributed by atoms with Gasteiger partial charge in [-0.1, -0.05) is 0 Å². The van der Waals surface area contributed by atoms with E-state index < -0.39 is 5.97 Å². The minimum atomic E-state index is -0.515. The molecule has 114 valence electrons. The van der Waals surface area contributed by atoms with E-state index in [0.29, 0.717) is 16.3 Å². The molecule has 3 atom stereocenters. The van der Waals surface area contributed by atoms with Crippen LogP contribution in [-0.2, 0) is 20.8 Å². The first-order valence-electron chi connectivity index (χ1n) is 6.83. The molecule has 1 N–H and O–H groups in total. The maximum absolute atomic E-state index is 12.1. The molecular weight excluding hydrogens is 342 g/mol. The van der Waals surface area contributed by atoms with E-state index in [1.54, 1.807) is 6.20 Å². The SMILES string of the molecule is COC(=O)Cn1ncc(NC2CC3CCC2O3)c(Br)c1=O. The molecule has 1 aromatic rings. The van der Waals surface area contributed by atoms with Crippen LogP contribution in [0.25, 0.3) is 0 Å². The van der Waals surface area contributed by atoms with Crippen LogP contribution in [0.2, 0.25) is 0 Å². The molecule has 0 aliphatic carbocycles. The molecule has 3 rings (SSSR count). The van der Waals surface area contributed by atoms with Gasteiger partial charge in [0.05, 0.1) is 37.2 Å². The van der Waals surface area contributed by atoms with Gasteiger partial charge in [0.25, 0.3) is 5.56 Å². The number of rotatable bonds is 4. The van der Waals surface area contributed by atoms with Gasteiger partial charge in [0.15, 0.2) is 0 Å². The average Bonchev–Trinajstić information content (AvgIpc) is 3.09. The normalized spacial score (nSPS) is 26.9. The summed E-state index contributed by atoms with van der Waals surface area (Å²) in [5, 5.41) is 7.31. The zero-order valence-corrected chi connectivity index (χ0v) is 13.1. The van der Waals surface area contributed by atoms with Gasteiger partial charge in [0, 0.05) is 0 Å². The second-order valence-corrected chi connectivity index (χ2v) is 6.06. The largest absolute Gasteiger partial charge is 0.468 e. The van der Waals surface area contributed by atoms with Crippen LogP contribution in [-0.4, -0.2) is 41.1 Å². The summed E-state index contributed by atoms with van der Waals surface area (Å²) in [6, 6.07) is 0.206. The highest BCUT2D eigenvalue weighted by Crippen LogP contribution is 2.36. The molecule has 1 aromatic heterocycles. The minimum absolute atomic E-state index is 0.203. The number of hydrogen-bond acceptors (Lipinski definition) is 6. The number of nitrogens with one attached hydrogen (secondary N) is 1. The van der Waals surface area contributed by atoms with Crippen LogP contribution < -0.4 is 10.9 Å². The fourth-order valence-corrected chi connectivity index (χ4v) is 3.28. The lowest BCUT2D eigenvalue weighted by Gasteiger charge is -2.21. The van der Waals surface area contributed by atoms with Crippen LogP contribution >= 0.6 is 15.9 Å². The summed E-state index contributed by atoms with van der Waals surface area (Å²) in [5.41, 5.74) is 0.261. The van der Waals surface area contributed by atoms with Gasteiger partial charge in [0.2, 0.25) is 0 Å². The number of anilines is 1. The fraction of sp³-hybridized carbons (Fsp3) is 0.615. The zero-order valence-electron chi connectivity index (χ0n) is 11.5. The fourth-order valence-electron chi connectivity index (χ4n) is 2.85. The molecule has 3 unspecified atom stereocenters. The van der Waals surface area contributed by atoms with Crippen LogP contribution in [0.1, 0.15) is 19.3 Å². The van der Waals surface area contributed by atoms with Crippen molar-refractivity contribution in [2.45, 2.75) is 44.1 Å². The number of halogens is 1. The first kappa shape index (κ1) is 14.5. The van der Waals surface area contributed by atoms with Crippen molar-refractivity contribution in [1.29, 1.82) is 0 Å². The molecule has 8 heteroatoms. The standard InChI is InChI=1S/C13H16BrN3O4/c1-20-11(18)6-17-13(19)12(14)9(5-15-17)16-8-4-7-2-3-10(8)21-7/h5,7-8,10,16H,2-4,6H2,1H3. The number of nitrogens with zero attached hydrogens (tertiary/aromatic N) is 2. The number of aromatic nitrogens is 2. The topological polar surface area (TPSA) is 82.5 Å². The van der Waals surface area contributed by atoms with Crippen LogP contribution in [0.4, 0.5) is 5.69 Å². The van der Waals surface area contributed by atoms with E-state index >= 15 is 0 Å². The second-order valence-electron chi connectivity index (χ2n) is 5.27. The Hall–Kier alpha value is -1.41. The van der Waals surface area contributed by atoms with Crippen LogP contribution in [0.5, 0.6) is 0 Å². The highest BCUT2D eigenvalue weighted by Gasteiger charge is 2.40. The van der Waals surface area contributed by atoms with Crippen molar-refractivity contribution in [2.24, 2.45) is 0 Å². The first-order valence-corrected chi connectivity index (χ1v) is 7.62. The number of fused-ring (bicyclic) bond motifs is 2. The Morgan fingerprint density at radius 1 is 1.62 bits per heavy atom. The molecule has 7 nitrogen and oxygen atoms in total. The Morgan fingerprint density at radius 2 is 2.43 bits per heavy atom. The van der Waals surface area contributed by atoms with E-state index in [-0.39, 0.29) is 24.2 Å². The number of esters is 1. The highest BCUT2D eigenvalue weighted by molar-refractivity contribution is 9.10. The van der Waals surface area contributed by atoms with Gasteiger partial charge >= 0.3 is 5.97 Å². The lowest BCUT2D eigenvalue weighted by atomic mass is 9.95. The van der Waals surface area contributed by atoms with Gasteiger partial charge in [-0.05, 0) is 35.2 Å². The van der Waals surface area contributed by atoms with Crippen LogP contribution in [0.3, 0.4) is 0 Å². The van der Waals surface area contributed by atoms with Crippen molar-refractivity contribution < 1.29 is 14.3 Å². The lowest BCUT2D eigenvalue weighted by Crippen LogP contribution is -2.33. The van der Waals surface area contributed by atoms with Gasteiger partial charge in [-0.25, -0.2) is 4.68 Å². The third kappa shape index (κ3) is 2.82. The molecule has 2 aliphatic heterocycles. The summed E-state index contributed by atoms with van der Waals surface area (Å²) in [6.45, 7) is -0.203. The second kappa shape index (κ2) is 5.76. The average molecular weight is 358 g/mol. The Bertz CT molecular complexity index is 618. The third-order valence-corrected chi connectivity index (χ3v) is 4.70. The molecule has 2 saturated heterocycles. The molecule has 0 saturated carbocycles. The van der Waals surface area contributed by atoms with E-state index in [1.807, 2.05) is 0 Å². The number of hydrogen-bond donors (Lipinski definition) is 1. The lowest BCUT2D eigenvalue weighted by molar-refractivity contribution is -0.141. The van der Waals surface area contributed by atoms with E-state index in [9.17, 15) is 9.59 Å². The van der Waals surface area contributed by atoms with Crippen molar-refractivity contribution in [3.05, 3.63) is 21.0 Å². The molecule has 2 bridgehead atoms. The summed E-state index contributed by atoms with van der Waals surface area (Å²) in [5.74, 6) is -0.515. The Morgan fingerprint density at radius 3 is 3.05 bits per heavy atom. The van der Waals surface area contributed by atoms with Crippen LogP contribution in [0, 0.1) is 0 Å². The summed E-state index contributed by atoms with van der Waals surface area (Å²) in [7, 11) is 1.27. The molecule has 2 fully saturated rings. The van der Waals surface area contributed by atoms with Gasteiger partial charge in [0.1, 0.15) is 11.0 Å². The quantitative estimate of drug-likeness (QED) is 0.806. The molecule has 2 aliphatic rings. The minimum Gasteiger partial charge on any atom is -0.468 e. The molecule has 0 aromatic carbocycles. The number of ether oxygens (including phenoxy) is 2. The zero-order chi connectivity index (χ0) is 15.0. The van der Waals surface area contributed by atoms with Crippen molar-refractivity contribution in [3.8, 4) is 0 Å². The van der Waals surface area contributed by atoms with E-state index in [2.05, 4.69) is 31.1 Å². The maximum atomic E-state index is 12.1. The predicted octanol–water partition coefficient (Wildman–Crippen LogP) is 0.911. The monoisotopic (exact) mass is 357 g/mol. The van der Waals surface area contributed by atoms with Crippen molar-refractivity contribution >= 4 is 27.6 Å². The van der Waals surface area contributed by atoms with Gasteiger partial charge in [-0.2, -0.15) is 5.10 Å². The third-order valence-electron chi connectivity index (χ3n) is 3.94. The smallest absolute Gasteiger partial charge is 0.327 e. The van der Waals surface area contributed by atoms with Gasteiger partial charge in [-0.15, -0.1) is 0 Å². The summed E-state index contributed by atoms with van der Waals surface area (Å²) < 4.78 is 11.7. The molecule has 0 radical (unpaired) electrons. The van der Waals surface area contributed by atoms with Crippen LogP contribution in [0.15, 0.2) is 15.5 Å². The summed E-state index contributed by atoms with van der Waals surface area (Å²) >= 11 is 3.27. The number of methoxy groups -OCH3 is 1. The summed E-state index contributed by atoms with van der Waals surface area (Å²) in [4.78, 5) is 23.4. The highest BCUT2D eigenvalue weighted by atomic mass is 79.9. The van der Waals surface area contributed by atoms with Crippen molar-refractivity contribution in [3.63, 3.8) is 0 Å².